The molecule has 1 aliphatic rings. The summed E-state index contributed by atoms with van der Waals surface area (Å²) in [6.45, 7) is 0.797. The maximum atomic E-state index is 14.0. The summed E-state index contributed by atoms with van der Waals surface area (Å²) in [6, 6.07) is 4.82. The number of nitrogens with one attached hydrogen (secondary N) is 2. The molecule has 0 spiro atoms. The normalized spacial score (nSPS) is 19.1. The van der Waals surface area contributed by atoms with Crippen LogP contribution in [0.5, 0.6) is 0 Å². The smallest absolute Gasteiger partial charge is 0.146 e. The molecule has 1 atom stereocenters. The van der Waals surface area contributed by atoms with E-state index in [1.165, 1.54) is 0 Å². The molecule has 1 aromatic heterocycles. The van der Waals surface area contributed by atoms with E-state index < -0.39 is 0 Å². The molecule has 0 saturated heterocycles. The number of aromatic nitrogens is 2. The molecule has 0 aliphatic carbocycles. The molecule has 3 rings (SSSR count). The zero-order valence-corrected chi connectivity index (χ0v) is 9.76. The van der Waals surface area contributed by atoms with Gasteiger partial charge in [0.05, 0.1) is 23.1 Å². The van der Waals surface area contributed by atoms with Crippen molar-refractivity contribution in [3.05, 3.63) is 52.3 Å². The topological polar surface area (TPSA) is 40.7 Å². The van der Waals surface area contributed by atoms with Crippen LogP contribution in [0.2, 0.25) is 5.02 Å². The van der Waals surface area contributed by atoms with Crippen LogP contribution >= 0.6 is 11.6 Å². The van der Waals surface area contributed by atoms with E-state index in [0.717, 1.165) is 24.4 Å². The van der Waals surface area contributed by atoms with Crippen molar-refractivity contribution in [3.8, 4) is 0 Å². The van der Waals surface area contributed by atoms with E-state index in [1.807, 2.05) is 0 Å². The summed E-state index contributed by atoms with van der Waals surface area (Å²) in [7, 11) is 0. The first kappa shape index (κ1) is 10.7. The van der Waals surface area contributed by atoms with Crippen molar-refractivity contribution < 1.29 is 4.39 Å². The van der Waals surface area contributed by atoms with Gasteiger partial charge in [-0.15, -0.1) is 0 Å². The van der Waals surface area contributed by atoms with Crippen LogP contribution in [-0.2, 0) is 6.42 Å². The largest absolute Gasteiger partial charge is 0.348 e. The van der Waals surface area contributed by atoms with Gasteiger partial charge in [0.15, 0.2) is 0 Å². The van der Waals surface area contributed by atoms with Gasteiger partial charge in [0.25, 0.3) is 0 Å². The molecule has 2 N–H and O–H groups in total. The number of hydrogen-bond acceptors (Lipinski definition) is 2. The Morgan fingerprint density at radius 2 is 2.29 bits per heavy atom. The minimum Gasteiger partial charge on any atom is -0.348 e. The van der Waals surface area contributed by atoms with Gasteiger partial charge in [0.2, 0.25) is 0 Å². The summed E-state index contributed by atoms with van der Waals surface area (Å²) in [5.74, 6) is -0.373. The molecule has 0 radical (unpaired) electrons. The fourth-order valence-corrected chi connectivity index (χ4v) is 2.40. The first-order valence-electron chi connectivity index (χ1n) is 5.47. The lowest BCUT2D eigenvalue weighted by Crippen LogP contribution is -2.31. The molecular formula is C12H11ClFN3. The highest BCUT2D eigenvalue weighted by molar-refractivity contribution is 6.30. The number of hydrogen-bond donors (Lipinski definition) is 2. The molecule has 0 unspecified atom stereocenters. The molecule has 5 heteroatoms. The third kappa shape index (κ3) is 1.73. The van der Waals surface area contributed by atoms with Crippen LogP contribution in [0.1, 0.15) is 23.0 Å². The Morgan fingerprint density at radius 1 is 1.41 bits per heavy atom. The second-order valence-electron chi connectivity index (χ2n) is 4.05. The van der Waals surface area contributed by atoms with Gasteiger partial charge < -0.3 is 10.3 Å². The Bertz CT molecular complexity index is 552. The number of imidazole rings is 1. The molecule has 3 nitrogen and oxygen atoms in total. The van der Waals surface area contributed by atoms with Gasteiger partial charge in [-0.3, -0.25) is 0 Å². The van der Waals surface area contributed by atoms with Crippen molar-refractivity contribution in [1.29, 1.82) is 0 Å². The van der Waals surface area contributed by atoms with Crippen molar-refractivity contribution in [2.24, 2.45) is 0 Å². The highest BCUT2D eigenvalue weighted by Crippen LogP contribution is 2.30. The summed E-state index contributed by atoms with van der Waals surface area (Å²) in [4.78, 5) is 7.34. The number of halogens is 2. The van der Waals surface area contributed by atoms with Crippen LogP contribution in [0.4, 0.5) is 4.39 Å². The van der Waals surface area contributed by atoms with Gasteiger partial charge >= 0.3 is 0 Å². The van der Waals surface area contributed by atoms with Gasteiger partial charge in [-0.2, -0.15) is 0 Å². The van der Waals surface area contributed by atoms with Crippen molar-refractivity contribution in [1.82, 2.24) is 15.3 Å². The lowest BCUT2D eigenvalue weighted by Gasteiger charge is -2.23. The zero-order valence-electron chi connectivity index (χ0n) is 9.00. The molecule has 0 amide bonds. The van der Waals surface area contributed by atoms with E-state index in [0.29, 0.717) is 5.56 Å². The zero-order chi connectivity index (χ0) is 11.8. The van der Waals surface area contributed by atoms with Crippen molar-refractivity contribution in [3.63, 3.8) is 0 Å². The van der Waals surface area contributed by atoms with E-state index in [9.17, 15) is 4.39 Å². The number of fused-ring (bicyclic) bond motifs is 1. The molecule has 1 aliphatic heterocycles. The van der Waals surface area contributed by atoms with Gasteiger partial charge in [-0.25, -0.2) is 9.37 Å². The Labute approximate surface area is 103 Å². The quantitative estimate of drug-likeness (QED) is 0.817. The third-order valence-electron chi connectivity index (χ3n) is 3.04. The molecule has 2 heterocycles. The number of rotatable bonds is 1. The van der Waals surface area contributed by atoms with E-state index >= 15 is 0 Å². The minimum atomic E-state index is -0.373. The van der Waals surface area contributed by atoms with E-state index in [1.54, 1.807) is 24.5 Å². The Balaban J connectivity index is 2.10. The average Bonchev–Trinajstić information content (AvgIpc) is 2.81. The molecular weight excluding hydrogens is 241 g/mol. The lowest BCUT2D eigenvalue weighted by molar-refractivity contribution is 0.519. The average molecular weight is 252 g/mol. The lowest BCUT2D eigenvalue weighted by atomic mass is 9.97. The Hall–Kier alpha value is -1.39. The molecule has 0 fully saturated rings. The third-order valence-corrected chi connectivity index (χ3v) is 3.33. The van der Waals surface area contributed by atoms with Crippen molar-refractivity contribution >= 4 is 11.6 Å². The SMILES string of the molecule is Fc1c(Cl)cccc1[C@H]1NCCc2[nH]cnc21. The van der Waals surface area contributed by atoms with E-state index in [-0.39, 0.29) is 16.9 Å². The maximum Gasteiger partial charge on any atom is 0.146 e. The summed E-state index contributed by atoms with van der Waals surface area (Å²) >= 11 is 5.80. The molecule has 2 aromatic rings. The molecule has 88 valence electrons. The van der Waals surface area contributed by atoms with Gasteiger partial charge in [-0.05, 0) is 6.07 Å². The second kappa shape index (κ2) is 4.13. The summed E-state index contributed by atoms with van der Waals surface area (Å²) < 4.78 is 14.0. The summed E-state index contributed by atoms with van der Waals surface area (Å²) in [5, 5.41) is 3.41. The van der Waals surface area contributed by atoms with Crippen molar-refractivity contribution in [2.75, 3.05) is 6.54 Å². The van der Waals surface area contributed by atoms with Crippen LogP contribution in [0.15, 0.2) is 24.5 Å². The van der Waals surface area contributed by atoms with Crippen molar-refractivity contribution in [2.45, 2.75) is 12.5 Å². The second-order valence-corrected chi connectivity index (χ2v) is 4.45. The van der Waals surface area contributed by atoms with Gasteiger partial charge in [-0.1, -0.05) is 23.7 Å². The van der Waals surface area contributed by atoms with E-state index in [4.69, 9.17) is 11.6 Å². The number of benzene rings is 1. The number of aromatic amines is 1. The maximum absolute atomic E-state index is 14.0. The number of H-pyrrole nitrogens is 1. The predicted octanol–water partition coefficient (Wildman–Crippen LogP) is 2.44. The highest BCUT2D eigenvalue weighted by Gasteiger charge is 2.26. The summed E-state index contributed by atoms with van der Waals surface area (Å²) in [6.07, 6.45) is 2.53. The van der Waals surface area contributed by atoms with Crippen LogP contribution in [-0.4, -0.2) is 16.5 Å². The molecule has 17 heavy (non-hydrogen) atoms. The monoisotopic (exact) mass is 251 g/mol. The first-order valence-corrected chi connectivity index (χ1v) is 5.84. The molecule has 1 aromatic carbocycles. The van der Waals surface area contributed by atoms with Gasteiger partial charge in [0.1, 0.15) is 5.82 Å². The van der Waals surface area contributed by atoms with Crippen LogP contribution in [0.3, 0.4) is 0 Å². The fourth-order valence-electron chi connectivity index (χ4n) is 2.22. The van der Waals surface area contributed by atoms with Gasteiger partial charge in [0, 0.05) is 24.2 Å². The highest BCUT2D eigenvalue weighted by atomic mass is 35.5. The van der Waals surface area contributed by atoms with Crippen LogP contribution < -0.4 is 5.32 Å². The molecule has 0 bridgehead atoms. The van der Waals surface area contributed by atoms with Crippen LogP contribution in [0.25, 0.3) is 0 Å². The Kier molecular flexibility index (Phi) is 2.61. The Morgan fingerprint density at radius 3 is 3.18 bits per heavy atom. The van der Waals surface area contributed by atoms with E-state index in [2.05, 4.69) is 15.3 Å². The first-order chi connectivity index (χ1) is 8.27. The van der Waals surface area contributed by atoms with Crippen LogP contribution in [0, 0.1) is 5.82 Å². The summed E-state index contributed by atoms with van der Waals surface area (Å²) in [5.41, 5.74) is 2.47. The fraction of sp³-hybridized carbons (Fsp3) is 0.250. The predicted molar refractivity (Wildman–Crippen MR) is 63.5 cm³/mol. The minimum absolute atomic E-state index is 0.145. The molecule has 0 saturated carbocycles. The standard InChI is InChI=1S/C12H11ClFN3/c13-8-3-1-2-7(10(8)14)11-12-9(4-5-15-11)16-6-17-12/h1-3,6,11,15H,4-5H2,(H,16,17)/t11-/m1/s1. The number of nitrogens with zero attached hydrogens (tertiary/aromatic N) is 1.